The van der Waals surface area contributed by atoms with Crippen molar-refractivity contribution in [3.05, 3.63) is 59.7 Å². The third-order valence-corrected chi connectivity index (χ3v) is 4.65. The van der Waals surface area contributed by atoms with Crippen LogP contribution in [-0.2, 0) is 16.0 Å². The topological polar surface area (TPSA) is 84.9 Å². The van der Waals surface area contributed by atoms with Crippen molar-refractivity contribution >= 4 is 11.9 Å². The molecule has 0 heterocycles. The Balaban J connectivity index is 1.42. The number of hydrogen-bond donors (Lipinski definition) is 2. The zero-order valence-corrected chi connectivity index (χ0v) is 15.2. The van der Waals surface area contributed by atoms with E-state index >= 15 is 0 Å². The fraction of sp³-hybridized carbons (Fsp3) is 0.333. The number of ether oxygens (including phenoxy) is 2. The monoisotopic (exact) mass is 369 g/mol. The lowest BCUT2D eigenvalue weighted by atomic mass is 10.1. The summed E-state index contributed by atoms with van der Waals surface area (Å²) in [6.45, 7) is 0.209. The zero-order valence-electron chi connectivity index (χ0n) is 15.2. The van der Waals surface area contributed by atoms with Crippen LogP contribution in [0.4, 0.5) is 0 Å². The third-order valence-electron chi connectivity index (χ3n) is 4.65. The molecule has 2 atom stereocenters. The lowest BCUT2D eigenvalue weighted by molar-refractivity contribution is -0.139. The van der Waals surface area contributed by atoms with Gasteiger partial charge in [-0.25, -0.2) is 4.79 Å². The van der Waals surface area contributed by atoms with E-state index in [1.807, 2.05) is 36.4 Å². The summed E-state index contributed by atoms with van der Waals surface area (Å²) in [6.07, 6.45) is 1.58. The smallest absolute Gasteiger partial charge is 0.341 e. The molecule has 1 fully saturated rings. The molecule has 27 heavy (non-hydrogen) atoms. The molecule has 2 aromatic carbocycles. The molecule has 1 aliphatic carbocycles. The third kappa shape index (κ3) is 5.23. The van der Waals surface area contributed by atoms with Crippen LogP contribution >= 0.6 is 0 Å². The van der Waals surface area contributed by atoms with Gasteiger partial charge in [-0.1, -0.05) is 24.3 Å². The number of hydrogen-bond acceptors (Lipinski definition) is 4. The van der Waals surface area contributed by atoms with Crippen molar-refractivity contribution in [1.29, 1.82) is 0 Å². The summed E-state index contributed by atoms with van der Waals surface area (Å²) in [5, 5.41) is 11.6. The highest BCUT2D eigenvalue weighted by Gasteiger charge is 2.43. The minimum Gasteiger partial charge on any atom is -0.497 e. The van der Waals surface area contributed by atoms with E-state index in [0.717, 1.165) is 23.3 Å². The second kappa shape index (κ2) is 8.58. The molecule has 1 amide bonds. The molecule has 1 saturated carbocycles. The van der Waals surface area contributed by atoms with E-state index in [2.05, 4.69) is 5.32 Å². The Morgan fingerprint density at radius 1 is 1.15 bits per heavy atom. The second-order valence-corrected chi connectivity index (χ2v) is 6.59. The van der Waals surface area contributed by atoms with Gasteiger partial charge in [-0.15, -0.1) is 0 Å². The van der Waals surface area contributed by atoms with E-state index in [-0.39, 0.29) is 24.3 Å². The average molecular weight is 369 g/mol. The van der Waals surface area contributed by atoms with Gasteiger partial charge in [-0.2, -0.15) is 0 Å². The molecule has 6 nitrogen and oxygen atoms in total. The first-order chi connectivity index (χ1) is 13.1. The summed E-state index contributed by atoms with van der Waals surface area (Å²) in [5.74, 6) is 0.714. The molecular formula is C21H23NO5. The van der Waals surface area contributed by atoms with E-state index in [9.17, 15) is 9.59 Å². The van der Waals surface area contributed by atoms with Crippen LogP contribution in [0.25, 0.3) is 0 Å². The van der Waals surface area contributed by atoms with Crippen molar-refractivity contribution in [1.82, 2.24) is 5.32 Å². The van der Waals surface area contributed by atoms with Gasteiger partial charge in [0.25, 0.3) is 0 Å². The summed E-state index contributed by atoms with van der Waals surface area (Å²) in [6, 6.07) is 15.1. The van der Waals surface area contributed by atoms with Crippen LogP contribution in [0.2, 0.25) is 0 Å². The van der Waals surface area contributed by atoms with Gasteiger partial charge in [0.15, 0.2) is 6.61 Å². The van der Waals surface area contributed by atoms with Crippen molar-refractivity contribution < 1.29 is 24.2 Å². The molecule has 142 valence electrons. The lowest BCUT2D eigenvalue weighted by Crippen LogP contribution is -2.27. The van der Waals surface area contributed by atoms with Crippen LogP contribution in [-0.4, -0.2) is 37.2 Å². The standard InChI is InChI=1S/C21H23NO5/c1-26-17-4-2-3-15(11-17)18-12-19(18)21(25)22-10-9-14-5-7-16(8-6-14)27-13-20(23)24/h2-8,11,18-19H,9-10,12-13H2,1H3,(H,22,25)(H,23,24). The van der Waals surface area contributed by atoms with Crippen LogP contribution in [0, 0.1) is 5.92 Å². The Hall–Kier alpha value is -3.02. The van der Waals surface area contributed by atoms with E-state index in [1.54, 1.807) is 19.2 Å². The van der Waals surface area contributed by atoms with Gasteiger partial charge in [0.05, 0.1) is 7.11 Å². The number of carbonyl (C=O) groups excluding carboxylic acids is 1. The first kappa shape index (κ1) is 18.8. The minimum absolute atomic E-state index is 0.0314. The largest absolute Gasteiger partial charge is 0.497 e. The molecule has 2 aromatic rings. The van der Waals surface area contributed by atoms with Crippen molar-refractivity contribution in [2.45, 2.75) is 18.8 Å². The average Bonchev–Trinajstić information content (AvgIpc) is 3.48. The summed E-state index contributed by atoms with van der Waals surface area (Å²) in [5.41, 5.74) is 2.20. The molecule has 0 radical (unpaired) electrons. The highest BCUT2D eigenvalue weighted by Crippen LogP contribution is 2.48. The number of carboxylic acid groups (broad SMARTS) is 1. The predicted octanol–water partition coefficient (Wildman–Crippen LogP) is 2.62. The Kier molecular flexibility index (Phi) is 5.96. The lowest BCUT2D eigenvalue weighted by Gasteiger charge is -2.07. The maximum atomic E-state index is 12.3. The number of carboxylic acids is 1. The fourth-order valence-corrected chi connectivity index (χ4v) is 3.08. The van der Waals surface area contributed by atoms with Gasteiger partial charge < -0.3 is 19.9 Å². The van der Waals surface area contributed by atoms with Crippen LogP contribution in [0.1, 0.15) is 23.5 Å². The summed E-state index contributed by atoms with van der Waals surface area (Å²) in [4.78, 5) is 22.8. The van der Waals surface area contributed by atoms with Crippen molar-refractivity contribution in [3.63, 3.8) is 0 Å². The van der Waals surface area contributed by atoms with Gasteiger partial charge in [0.2, 0.25) is 5.91 Å². The highest BCUT2D eigenvalue weighted by molar-refractivity contribution is 5.82. The van der Waals surface area contributed by atoms with Gasteiger partial charge >= 0.3 is 5.97 Å². The molecule has 0 spiro atoms. The van der Waals surface area contributed by atoms with Gasteiger partial charge in [-0.3, -0.25) is 4.79 Å². The van der Waals surface area contributed by atoms with Crippen LogP contribution < -0.4 is 14.8 Å². The maximum absolute atomic E-state index is 12.3. The Morgan fingerprint density at radius 3 is 2.63 bits per heavy atom. The normalized spacial score (nSPS) is 17.8. The van der Waals surface area contributed by atoms with Crippen LogP contribution in [0.3, 0.4) is 0 Å². The van der Waals surface area contributed by atoms with Crippen LogP contribution in [0.5, 0.6) is 11.5 Å². The number of carbonyl (C=O) groups is 2. The quantitative estimate of drug-likeness (QED) is 0.710. The summed E-state index contributed by atoms with van der Waals surface area (Å²) >= 11 is 0. The maximum Gasteiger partial charge on any atom is 0.341 e. The van der Waals surface area contributed by atoms with Crippen molar-refractivity contribution in [2.24, 2.45) is 5.92 Å². The van der Waals surface area contributed by atoms with Crippen LogP contribution in [0.15, 0.2) is 48.5 Å². The minimum atomic E-state index is -1.01. The molecule has 2 unspecified atom stereocenters. The van der Waals surface area contributed by atoms with Crippen molar-refractivity contribution in [3.8, 4) is 11.5 Å². The fourth-order valence-electron chi connectivity index (χ4n) is 3.08. The Morgan fingerprint density at radius 2 is 1.93 bits per heavy atom. The molecule has 0 saturated heterocycles. The Labute approximate surface area is 158 Å². The highest BCUT2D eigenvalue weighted by atomic mass is 16.5. The molecule has 3 rings (SSSR count). The van der Waals surface area contributed by atoms with E-state index in [4.69, 9.17) is 14.6 Å². The molecule has 0 bridgehead atoms. The van der Waals surface area contributed by atoms with E-state index < -0.39 is 5.97 Å². The molecule has 1 aliphatic rings. The molecule has 0 aliphatic heterocycles. The Bertz CT molecular complexity index is 802. The molecule has 2 N–H and O–H groups in total. The second-order valence-electron chi connectivity index (χ2n) is 6.59. The number of amides is 1. The SMILES string of the molecule is COc1cccc(C2CC2C(=O)NCCc2ccc(OCC(=O)O)cc2)c1. The van der Waals surface area contributed by atoms with Gasteiger partial charge in [0, 0.05) is 12.5 Å². The molecule has 6 heteroatoms. The molecular weight excluding hydrogens is 346 g/mol. The van der Waals surface area contributed by atoms with Gasteiger partial charge in [-0.05, 0) is 54.2 Å². The van der Waals surface area contributed by atoms with E-state index in [1.165, 1.54) is 0 Å². The predicted molar refractivity (Wildman–Crippen MR) is 100 cm³/mol. The van der Waals surface area contributed by atoms with Crippen molar-refractivity contribution in [2.75, 3.05) is 20.3 Å². The summed E-state index contributed by atoms with van der Waals surface area (Å²) in [7, 11) is 1.64. The first-order valence-corrected chi connectivity index (χ1v) is 8.92. The number of benzene rings is 2. The summed E-state index contributed by atoms with van der Waals surface area (Å²) < 4.78 is 10.3. The van der Waals surface area contributed by atoms with E-state index in [0.29, 0.717) is 18.7 Å². The number of methoxy groups -OCH3 is 1. The van der Waals surface area contributed by atoms with Gasteiger partial charge in [0.1, 0.15) is 11.5 Å². The first-order valence-electron chi connectivity index (χ1n) is 8.92. The number of rotatable bonds is 9. The number of aliphatic carboxylic acids is 1. The zero-order chi connectivity index (χ0) is 19.2. The molecule has 0 aromatic heterocycles. The number of nitrogens with one attached hydrogen (secondary N) is 1.